The second-order valence-electron chi connectivity index (χ2n) is 5.08. The van der Waals surface area contributed by atoms with Crippen molar-refractivity contribution in [2.75, 3.05) is 12.4 Å². The molecule has 1 aromatic carbocycles. The highest BCUT2D eigenvalue weighted by Crippen LogP contribution is 2.22. The standard InChI is InChI=1S/C16H19N3OS/c1-11-9-19-15(12(2)18-16(19)21-11)8-17-14-7-5-4-6-13(14)10-20-3/h4-7,9,17H,8,10H2,1-3H3. The molecular formula is C16H19N3OS. The van der Waals surface area contributed by atoms with Crippen molar-refractivity contribution in [1.29, 1.82) is 0 Å². The third-order valence-corrected chi connectivity index (χ3v) is 4.40. The number of thiazole rings is 1. The summed E-state index contributed by atoms with van der Waals surface area (Å²) < 4.78 is 7.43. The molecule has 0 radical (unpaired) electrons. The Balaban J connectivity index is 1.85. The smallest absolute Gasteiger partial charge is 0.194 e. The average Bonchev–Trinajstić information content (AvgIpc) is 2.94. The van der Waals surface area contributed by atoms with E-state index in [0.717, 1.165) is 22.9 Å². The fourth-order valence-corrected chi connectivity index (χ4v) is 3.36. The summed E-state index contributed by atoms with van der Waals surface area (Å²) in [6.07, 6.45) is 2.15. The number of para-hydroxylation sites is 1. The quantitative estimate of drug-likeness (QED) is 0.779. The Hall–Kier alpha value is -1.85. The molecule has 0 saturated heterocycles. The highest BCUT2D eigenvalue weighted by Gasteiger charge is 2.11. The van der Waals surface area contributed by atoms with Gasteiger partial charge in [0, 0.05) is 29.4 Å². The van der Waals surface area contributed by atoms with Gasteiger partial charge in [-0.3, -0.25) is 4.40 Å². The second-order valence-corrected chi connectivity index (χ2v) is 6.30. The molecule has 3 rings (SSSR count). The first kappa shape index (κ1) is 14.1. The highest BCUT2D eigenvalue weighted by molar-refractivity contribution is 7.17. The summed E-state index contributed by atoms with van der Waals surface area (Å²) in [5, 5.41) is 3.51. The minimum atomic E-state index is 0.613. The van der Waals surface area contributed by atoms with Crippen molar-refractivity contribution >= 4 is 22.0 Å². The van der Waals surface area contributed by atoms with Crippen LogP contribution in [0.15, 0.2) is 30.5 Å². The molecule has 0 unspecified atom stereocenters. The summed E-state index contributed by atoms with van der Waals surface area (Å²) in [5.41, 5.74) is 4.57. The van der Waals surface area contributed by atoms with Gasteiger partial charge in [0.25, 0.3) is 0 Å². The van der Waals surface area contributed by atoms with Gasteiger partial charge in [-0.15, -0.1) is 11.3 Å². The van der Waals surface area contributed by atoms with Crippen LogP contribution in [0, 0.1) is 13.8 Å². The van der Waals surface area contributed by atoms with E-state index in [0.29, 0.717) is 6.61 Å². The fraction of sp³-hybridized carbons (Fsp3) is 0.312. The molecule has 21 heavy (non-hydrogen) atoms. The van der Waals surface area contributed by atoms with Crippen LogP contribution in [-0.2, 0) is 17.9 Å². The lowest BCUT2D eigenvalue weighted by atomic mass is 10.2. The molecule has 5 heteroatoms. The van der Waals surface area contributed by atoms with Gasteiger partial charge in [-0.2, -0.15) is 0 Å². The highest BCUT2D eigenvalue weighted by atomic mass is 32.1. The minimum absolute atomic E-state index is 0.613. The fourth-order valence-electron chi connectivity index (χ4n) is 2.48. The molecule has 0 amide bonds. The van der Waals surface area contributed by atoms with E-state index in [4.69, 9.17) is 4.74 Å². The number of nitrogens with zero attached hydrogens (tertiary/aromatic N) is 2. The zero-order chi connectivity index (χ0) is 14.8. The first-order chi connectivity index (χ1) is 10.2. The number of aromatic nitrogens is 2. The van der Waals surface area contributed by atoms with Crippen LogP contribution in [-0.4, -0.2) is 16.5 Å². The van der Waals surface area contributed by atoms with Gasteiger partial charge in [0.15, 0.2) is 4.96 Å². The number of imidazole rings is 1. The van der Waals surface area contributed by atoms with Crippen LogP contribution in [0.25, 0.3) is 4.96 Å². The summed E-state index contributed by atoms with van der Waals surface area (Å²) in [4.78, 5) is 6.96. The van der Waals surface area contributed by atoms with Crippen molar-refractivity contribution in [3.63, 3.8) is 0 Å². The summed E-state index contributed by atoms with van der Waals surface area (Å²) >= 11 is 1.72. The van der Waals surface area contributed by atoms with Crippen LogP contribution in [0.4, 0.5) is 5.69 Å². The molecule has 0 aliphatic rings. The molecule has 0 saturated carbocycles. The molecule has 0 spiro atoms. The van der Waals surface area contributed by atoms with Crippen molar-refractivity contribution in [1.82, 2.24) is 9.38 Å². The molecule has 0 atom stereocenters. The van der Waals surface area contributed by atoms with Crippen molar-refractivity contribution in [2.24, 2.45) is 0 Å². The van der Waals surface area contributed by atoms with E-state index in [1.54, 1.807) is 18.4 Å². The van der Waals surface area contributed by atoms with Gasteiger partial charge in [-0.05, 0) is 19.9 Å². The monoisotopic (exact) mass is 301 g/mol. The van der Waals surface area contributed by atoms with Crippen LogP contribution < -0.4 is 5.32 Å². The summed E-state index contributed by atoms with van der Waals surface area (Å²) in [6, 6.07) is 8.24. The summed E-state index contributed by atoms with van der Waals surface area (Å²) in [7, 11) is 1.72. The molecule has 0 aliphatic carbocycles. The first-order valence-corrected chi connectivity index (χ1v) is 7.75. The number of rotatable bonds is 5. The summed E-state index contributed by atoms with van der Waals surface area (Å²) in [6.45, 7) is 5.54. The molecule has 1 N–H and O–H groups in total. The predicted octanol–water partition coefficient (Wildman–Crippen LogP) is 3.77. The van der Waals surface area contributed by atoms with Gasteiger partial charge >= 0.3 is 0 Å². The van der Waals surface area contributed by atoms with Gasteiger partial charge in [-0.1, -0.05) is 18.2 Å². The van der Waals surface area contributed by atoms with Gasteiger partial charge in [0.2, 0.25) is 0 Å². The molecule has 4 nitrogen and oxygen atoms in total. The largest absolute Gasteiger partial charge is 0.380 e. The minimum Gasteiger partial charge on any atom is -0.380 e. The van der Waals surface area contributed by atoms with E-state index >= 15 is 0 Å². The first-order valence-electron chi connectivity index (χ1n) is 6.93. The van der Waals surface area contributed by atoms with Crippen LogP contribution in [0.3, 0.4) is 0 Å². The maximum absolute atomic E-state index is 5.25. The van der Waals surface area contributed by atoms with Crippen molar-refractivity contribution in [3.05, 3.63) is 52.3 Å². The average molecular weight is 301 g/mol. The maximum Gasteiger partial charge on any atom is 0.194 e. The Morgan fingerprint density at radius 2 is 2.10 bits per heavy atom. The lowest BCUT2D eigenvalue weighted by molar-refractivity contribution is 0.185. The number of anilines is 1. The van der Waals surface area contributed by atoms with E-state index in [1.807, 2.05) is 12.1 Å². The number of aryl methyl sites for hydroxylation is 2. The lowest BCUT2D eigenvalue weighted by Crippen LogP contribution is -2.06. The number of hydrogen-bond donors (Lipinski definition) is 1. The van der Waals surface area contributed by atoms with Crippen LogP contribution in [0.5, 0.6) is 0 Å². The Morgan fingerprint density at radius 3 is 2.90 bits per heavy atom. The zero-order valence-corrected chi connectivity index (χ0v) is 13.3. The topological polar surface area (TPSA) is 38.6 Å². The van der Waals surface area contributed by atoms with Crippen molar-refractivity contribution < 1.29 is 4.74 Å². The van der Waals surface area contributed by atoms with Crippen molar-refractivity contribution in [3.8, 4) is 0 Å². The van der Waals surface area contributed by atoms with Crippen LogP contribution in [0.1, 0.15) is 21.8 Å². The Bertz CT molecular complexity index is 760. The third kappa shape index (κ3) is 2.80. The molecule has 2 aromatic heterocycles. The SMILES string of the molecule is COCc1ccccc1NCc1c(C)nc2sc(C)cn12. The number of methoxy groups -OCH3 is 1. The number of nitrogens with one attached hydrogen (secondary N) is 1. The number of benzene rings is 1. The molecule has 2 heterocycles. The third-order valence-electron chi connectivity index (χ3n) is 3.50. The van der Waals surface area contributed by atoms with Crippen LogP contribution in [0.2, 0.25) is 0 Å². The van der Waals surface area contributed by atoms with Gasteiger partial charge < -0.3 is 10.1 Å². The Kier molecular flexibility index (Phi) is 3.94. The molecule has 110 valence electrons. The second kappa shape index (κ2) is 5.87. The molecular weight excluding hydrogens is 282 g/mol. The van der Waals surface area contributed by atoms with Gasteiger partial charge in [0.05, 0.1) is 24.5 Å². The number of hydrogen-bond acceptors (Lipinski definition) is 4. The molecule has 0 aliphatic heterocycles. The zero-order valence-electron chi connectivity index (χ0n) is 12.5. The van der Waals surface area contributed by atoms with E-state index < -0.39 is 0 Å². The Labute approximate surface area is 128 Å². The van der Waals surface area contributed by atoms with E-state index in [2.05, 4.69) is 46.9 Å². The molecule has 0 bridgehead atoms. The maximum atomic E-state index is 5.25. The molecule has 0 fully saturated rings. The normalized spacial score (nSPS) is 11.2. The van der Waals surface area contributed by atoms with Crippen molar-refractivity contribution in [2.45, 2.75) is 27.0 Å². The summed E-state index contributed by atoms with van der Waals surface area (Å²) in [5.74, 6) is 0. The molecule has 3 aromatic rings. The number of fused-ring (bicyclic) bond motifs is 1. The lowest BCUT2D eigenvalue weighted by Gasteiger charge is -2.11. The van der Waals surface area contributed by atoms with E-state index in [1.165, 1.54) is 16.1 Å². The van der Waals surface area contributed by atoms with Gasteiger partial charge in [-0.25, -0.2) is 4.98 Å². The Morgan fingerprint density at radius 1 is 1.29 bits per heavy atom. The number of ether oxygens (including phenoxy) is 1. The van der Waals surface area contributed by atoms with E-state index in [-0.39, 0.29) is 0 Å². The predicted molar refractivity (Wildman–Crippen MR) is 87.0 cm³/mol. The van der Waals surface area contributed by atoms with Crippen LogP contribution >= 0.6 is 11.3 Å². The van der Waals surface area contributed by atoms with E-state index in [9.17, 15) is 0 Å². The van der Waals surface area contributed by atoms with Gasteiger partial charge in [0.1, 0.15) is 0 Å².